The number of pyridine rings is 1. The molecule has 0 atom stereocenters. The monoisotopic (exact) mass is 282 g/mol. The summed E-state index contributed by atoms with van der Waals surface area (Å²) in [6.07, 6.45) is 3.43. The normalized spacial score (nSPS) is 10.4. The Bertz CT molecular complexity index is 718. The second-order valence-corrected chi connectivity index (χ2v) is 4.34. The van der Waals surface area contributed by atoms with Crippen LogP contribution in [0.5, 0.6) is 11.5 Å². The molecule has 21 heavy (non-hydrogen) atoms. The molecule has 0 aliphatic heterocycles. The van der Waals surface area contributed by atoms with Gasteiger partial charge >= 0.3 is 0 Å². The van der Waals surface area contributed by atoms with Gasteiger partial charge in [0, 0.05) is 29.6 Å². The molecule has 1 N–H and O–H groups in total. The van der Waals surface area contributed by atoms with E-state index in [1.54, 1.807) is 32.7 Å². The maximum absolute atomic E-state index is 5.26. The third kappa shape index (κ3) is 2.69. The molecule has 0 bridgehead atoms. The van der Waals surface area contributed by atoms with Crippen molar-refractivity contribution >= 4 is 0 Å². The first-order valence-corrected chi connectivity index (χ1v) is 6.36. The molecule has 1 aromatic carbocycles. The SMILES string of the molecule is COc1cc(OC)cc(-c2n[nH]c(-c3ccncc3)n2)c1. The Hall–Kier alpha value is -2.89. The number of nitrogens with one attached hydrogen (secondary N) is 1. The van der Waals surface area contributed by atoms with Gasteiger partial charge in [-0.2, -0.15) is 5.10 Å². The van der Waals surface area contributed by atoms with Crippen LogP contribution < -0.4 is 9.47 Å². The molecule has 106 valence electrons. The van der Waals surface area contributed by atoms with Gasteiger partial charge in [-0.25, -0.2) is 4.98 Å². The fraction of sp³-hybridized carbons (Fsp3) is 0.133. The number of aromatic amines is 1. The molecule has 0 saturated carbocycles. The van der Waals surface area contributed by atoms with E-state index in [2.05, 4.69) is 20.2 Å². The van der Waals surface area contributed by atoms with Crippen molar-refractivity contribution in [2.24, 2.45) is 0 Å². The van der Waals surface area contributed by atoms with E-state index in [0.717, 1.165) is 11.1 Å². The summed E-state index contributed by atoms with van der Waals surface area (Å²) in [6, 6.07) is 9.27. The van der Waals surface area contributed by atoms with Crippen molar-refractivity contribution in [1.29, 1.82) is 0 Å². The van der Waals surface area contributed by atoms with Crippen LogP contribution in [-0.2, 0) is 0 Å². The van der Waals surface area contributed by atoms with E-state index < -0.39 is 0 Å². The zero-order valence-electron chi connectivity index (χ0n) is 11.7. The van der Waals surface area contributed by atoms with E-state index in [1.807, 2.05) is 24.3 Å². The Morgan fingerprint density at radius 2 is 1.57 bits per heavy atom. The van der Waals surface area contributed by atoms with Gasteiger partial charge in [0.15, 0.2) is 11.6 Å². The lowest BCUT2D eigenvalue weighted by molar-refractivity contribution is 0.394. The fourth-order valence-electron chi connectivity index (χ4n) is 1.97. The van der Waals surface area contributed by atoms with E-state index >= 15 is 0 Å². The molecule has 3 rings (SSSR count). The number of methoxy groups -OCH3 is 2. The lowest BCUT2D eigenvalue weighted by atomic mass is 10.2. The van der Waals surface area contributed by atoms with Gasteiger partial charge in [0.05, 0.1) is 14.2 Å². The minimum atomic E-state index is 0.582. The Labute approximate surface area is 121 Å². The van der Waals surface area contributed by atoms with Gasteiger partial charge in [-0.15, -0.1) is 0 Å². The predicted octanol–water partition coefficient (Wildman–Crippen LogP) is 2.55. The molecule has 2 aromatic heterocycles. The van der Waals surface area contributed by atoms with E-state index in [4.69, 9.17) is 9.47 Å². The molecule has 3 aromatic rings. The van der Waals surface area contributed by atoms with Crippen LogP contribution in [0.4, 0.5) is 0 Å². The highest BCUT2D eigenvalue weighted by Crippen LogP contribution is 2.28. The van der Waals surface area contributed by atoms with E-state index in [9.17, 15) is 0 Å². The highest BCUT2D eigenvalue weighted by molar-refractivity contribution is 5.64. The molecule has 0 spiro atoms. The number of rotatable bonds is 4. The third-order valence-corrected chi connectivity index (χ3v) is 3.05. The van der Waals surface area contributed by atoms with Crippen LogP contribution in [0.2, 0.25) is 0 Å². The summed E-state index contributed by atoms with van der Waals surface area (Å²) in [5.41, 5.74) is 1.75. The molecule has 6 heteroatoms. The van der Waals surface area contributed by atoms with Crippen molar-refractivity contribution < 1.29 is 9.47 Å². The van der Waals surface area contributed by atoms with Crippen LogP contribution >= 0.6 is 0 Å². The standard InChI is InChI=1S/C15H14N4O2/c1-20-12-7-11(8-13(9-12)21-2)15-17-14(18-19-15)10-3-5-16-6-4-10/h3-9H,1-2H3,(H,17,18,19). The summed E-state index contributed by atoms with van der Waals surface area (Å²) in [5, 5.41) is 7.17. The first-order valence-electron chi connectivity index (χ1n) is 6.36. The lowest BCUT2D eigenvalue weighted by Crippen LogP contribution is -1.89. The van der Waals surface area contributed by atoms with Gasteiger partial charge in [0.25, 0.3) is 0 Å². The first kappa shape index (κ1) is 13.1. The van der Waals surface area contributed by atoms with Crippen molar-refractivity contribution in [3.05, 3.63) is 42.7 Å². The molecule has 0 radical (unpaired) electrons. The Kier molecular flexibility index (Phi) is 3.51. The predicted molar refractivity (Wildman–Crippen MR) is 78.2 cm³/mol. The Morgan fingerprint density at radius 1 is 0.905 bits per heavy atom. The molecule has 0 aliphatic rings. The molecule has 0 unspecified atom stereocenters. The summed E-state index contributed by atoms with van der Waals surface area (Å²) in [7, 11) is 3.22. The molecular formula is C15H14N4O2. The molecule has 6 nitrogen and oxygen atoms in total. The second-order valence-electron chi connectivity index (χ2n) is 4.34. The second kappa shape index (κ2) is 5.62. The Morgan fingerprint density at radius 3 is 2.19 bits per heavy atom. The molecule has 0 fully saturated rings. The van der Waals surface area contributed by atoms with Crippen molar-refractivity contribution in [3.63, 3.8) is 0 Å². The first-order chi connectivity index (χ1) is 10.3. The average molecular weight is 282 g/mol. The van der Waals surface area contributed by atoms with E-state index in [-0.39, 0.29) is 0 Å². The minimum absolute atomic E-state index is 0.582. The van der Waals surface area contributed by atoms with Crippen LogP contribution in [0, 0.1) is 0 Å². The molecule has 0 amide bonds. The zero-order chi connectivity index (χ0) is 14.7. The van der Waals surface area contributed by atoms with Gasteiger partial charge in [-0.05, 0) is 24.3 Å². The molecular weight excluding hydrogens is 268 g/mol. The maximum atomic E-state index is 5.26. The van der Waals surface area contributed by atoms with Crippen LogP contribution in [0.25, 0.3) is 22.8 Å². The van der Waals surface area contributed by atoms with Gasteiger partial charge in [0.1, 0.15) is 11.5 Å². The van der Waals surface area contributed by atoms with Crippen molar-refractivity contribution in [3.8, 4) is 34.3 Å². The van der Waals surface area contributed by atoms with E-state index in [0.29, 0.717) is 23.1 Å². The van der Waals surface area contributed by atoms with Crippen LogP contribution in [0.1, 0.15) is 0 Å². The molecule has 0 aliphatic carbocycles. The smallest absolute Gasteiger partial charge is 0.181 e. The summed E-state index contributed by atoms with van der Waals surface area (Å²) >= 11 is 0. The van der Waals surface area contributed by atoms with Gasteiger partial charge in [0.2, 0.25) is 0 Å². The average Bonchev–Trinajstić information content (AvgIpc) is 3.05. The quantitative estimate of drug-likeness (QED) is 0.796. The topological polar surface area (TPSA) is 72.9 Å². The van der Waals surface area contributed by atoms with Crippen LogP contribution in [0.3, 0.4) is 0 Å². The highest BCUT2D eigenvalue weighted by Gasteiger charge is 2.10. The zero-order valence-corrected chi connectivity index (χ0v) is 11.7. The third-order valence-electron chi connectivity index (χ3n) is 3.05. The highest BCUT2D eigenvalue weighted by atomic mass is 16.5. The number of hydrogen-bond donors (Lipinski definition) is 1. The van der Waals surface area contributed by atoms with Crippen molar-refractivity contribution in [2.45, 2.75) is 0 Å². The molecule has 2 heterocycles. The van der Waals surface area contributed by atoms with Crippen molar-refractivity contribution in [1.82, 2.24) is 20.2 Å². The van der Waals surface area contributed by atoms with Gasteiger partial charge < -0.3 is 9.47 Å². The number of nitrogens with zero attached hydrogens (tertiary/aromatic N) is 3. The minimum Gasteiger partial charge on any atom is -0.497 e. The summed E-state index contributed by atoms with van der Waals surface area (Å²) in [5.74, 6) is 2.66. The largest absolute Gasteiger partial charge is 0.497 e. The fourth-order valence-corrected chi connectivity index (χ4v) is 1.97. The number of hydrogen-bond acceptors (Lipinski definition) is 5. The summed E-state index contributed by atoms with van der Waals surface area (Å²) < 4.78 is 10.5. The number of aromatic nitrogens is 4. The van der Waals surface area contributed by atoms with E-state index in [1.165, 1.54) is 0 Å². The number of H-pyrrole nitrogens is 1. The Balaban J connectivity index is 2.00. The number of ether oxygens (including phenoxy) is 2. The summed E-state index contributed by atoms with van der Waals surface area (Å²) in [4.78, 5) is 8.48. The van der Waals surface area contributed by atoms with Crippen molar-refractivity contribution in [2.75, 3.05) is 14.2 Å². The van der Waals surface area contributed by atoms with Crippen LogP contribution in [0.15, 0.2) is 42.7 Å². The van der Waals surface area contributed by atoms with Gasteiger partial charge in [-0.3, -0.25) is 10.1 Å². The lowest BCUT2D eigenvalue weighted by Gasteiger charge is -2.06. The number of benzene rings is 1. The summed E-state index contributed by atoms with van der Waals surface area (Å²) in [6.45, 7) is 0. The maximum Gasteiger partial charge on any atom is 0.181 e. The van der Waals surface area contributed by atoms with Gasteiger partial charge in [-0.1, -0.05) is 0 Å². The molecule has 0 saturated heterocycles. The van der Waals surface area contributed by atoms with Crippen LogP contribution in [-0.4, -0.2) is 34.4 Å².